The summed E-state index contributed by atoms with van der Waals surface area (Å²) in [7, 11) is 0. The van der Waals surface area contributed by atoms with Crippen LogP contribution in [0.1, 0.15) is 20.7 Å². The van der Waals surface area contributed by atoms with Crippen LogP contribution in [0.4, 0.5) is 0 Å². The predicted molar refractivity (Wildman–Crippen MR) is 188 cm³/mol. The SMILES string of the molecule is O=C(Oc1cc(-c2c(OC(=O)c3ccc4cc(O)ccc4c3)ccc3ccccc23)c2ccccc2c1)c1ccc2cc(O)ccc2c1. The fraction of sp³-hybridized carbons (Fsp3) is 0. The van der Waals surface area contributed by atoms with E-state index in [2.05, 4.69) is 0 Å². The van der Waals surface area contributed by atoms with Crippen molar-refractivity contribution < 1.29 is 29.3 Å². The van der Waals surface area contributed by atoms with Gasteiger partial charge in [0.2, 0.25) is 0 Å². The van der Waals surface area contributed by atoms with E-state index < -0.39 is 11.9 Å². The number of fused-ring (bicyclic) bond motifs is 4. The minimum atomic E-state index is -0.530. The van der Waals surface area contributed by atoms with Crippen LogP contribution in [0.2, 0.25) is 0 Å². The number of ether oxygens (including phenoxy) is 2. The van der Waals surface area contributed by atoms with E-state index in [9.17, 15) is 19.8 Å². The summed E-state index contributed by atoms with van der Waals surface area (Å²) in [6.07, 6.45) is 0. The highest BCUT2D eigenvalue weighted by atomic mass is 16.5. The average molecular weight is 627 g/mol. The summed E-state index contributed by atoms with van der Waals surface area (Å²) in [6, 6.07) is 43.3. The molecular weight excluding hydrogens is 600 g/mol. The molecule has 6 heteroatoms. The molecule has 0 amide bonds. The molecule has 8 aromatic carbocycles. The second-order valence-electron chi connectivity index (χ2n) is 11.6. The summed E-state index contributed by atoms with van der Waals surface area (Å²) in [5.41, 5.74) is 2.16. The minimum Gasteiger partial charge on any atom is -0.508 e. The molecule has 0 aliphatic carbocycles. The van der Waals surface area contributed by atoms with Gasteiger partial charge in [0.25, 0.3) is 0 Å². The van der Waals surface area contributed by atoms with Crippen molar-refractivity contribution in [2.75, 3.05) is 0 Å². The Balaban J connectivity index is 1.22. The molecule has 0 spiro atoms. The first-order valence-electron chi connectivity index (χ1n) is 15.3. The number of rotatable bonds is 5. The Morgan fingerprint density at radius 2 is 0.958 bits per heavy atom. The molecule has 230 valence electrons. The lowest BCUT2D eigenvalue weighted by Crippen LogP contribution is -2.10. The van der Waals surface area contributed by atoms with Gasteiger partial charge in [-0.3, -0.25) is 0 Å². The highest BCUT2D eigenvalue weighted by Crippen LogP contribution is 2.43. The van der Waals surface area contributed by atoms with Crippen LogP contribution in [-0.4, -0.2) is 22.2 Å². The molecule has 0 aliphatic heterocycles. The van der Waals surface area contributed by atoms with Gasteiger partial charge in [-0.05, 0) is 115 Å². The van der Waals surface area contributed by atoms with Crippen LogP contribution in [0.25, 0.3) is 54.2 Å². The van der Waals surface area contributed by atoms with E-state index in [-0.39, 0.29) is 11.5 Å². The maximum absolute atomic E-state index is 13.6. The molecule has 0 atom stereocenters. The molecule has 8 rings (SSSR count). The molecule has 0 aromatic heterocycles. The zero-order valence-corrected chi connectivity index (χ0v) is 25.4. The Bertz CT molecular complexity index is 2590. The van der Waals surface area contributed by atoms with Crippen molar-refractivity contribution in [3.63, 3.8) is 0 Å². The summed E-state index contributed by atoms with van der Waals surface area (Å²) < 4.78 is 12.1. The fourth-order valence-electron chi connectivity index (χ4n) is 6.21. The van der Waals surface area contributed by atoms with Crippen molar-refractivity contribution in [3.8, 4) is 34.1 Å². The summed E-state index contributed by atoms with van der Waals surface area (Å²) >= 11 is 0. The number of benzene rings is 8. The number of hydrogen-bond acceptors (Lipinski definition) is 6. The molecule has 0 bridgehead atoms. The topological polar surface area (TPSA) is 93.1 Å². The third-order valence-corrected chi connectivity index (χ3v) is 8.53. The van der Waals surface area contributed by atoms with Gasteiger partial charge in [0.05, 0.1) is 11.1 Å². The number of esters is 2. The first kappa shape index (κ1) is 28.8. The van der Waals surface area contributed by atoms with Gasteiger partial charge in [0, 0.05) is 5.56 Å². The smallest absolute Gasteiger partial charge is 0.343 e. The van der Waals surface area contributed by atoms with Gasteiger partial charge in [0.15, 0.2) is 0 Å². The third kappa shape index (κ3) is 5.31. The van der Waals surface area contributed by atoms with Gasteiger partial charge in [-0.15, -0.1) is 0 Å². The van der Waals surface area contributed by atoms with Crippen LogP contribution in [0, 0.1) is 0 Å². The molecule has 48 heavy (non-hydrogen) atoms. The fourth-order valence-corrected chi connectivity index (χ4v) is 6.21. The third-order valence-electron chi connectivity index (χ3n) is 8.53. The van der Waals surface area contributed by atoms with Gasteiger partial charge < -0.3 is 19.7 Å². The van der Waals surface area contributed by atoms with Gasteiger partial charge in [-0.1, -0.05) is 78.9 Å². The number of aromatic hydroxyl groups is 2. The van der Waals surface area contributed by atoms with Gasteiger partial charge in [-0.25, -0.2) is 9.59 Å². The summed E-state index contributed by atoms with van der Waals surface area (Å²) in [5.74, 6) is -0.0626. The number of hydrogen-bond donors (Lipinski definition) is 2. The first-order valence-corrected chi connectivity index (χ1v) is 15.3. The second-order valence-corrected chi connectivity index (χ2v) is 11.6. The summed E-state index contributed by atoms with van der Waals surface area (Å²) in [5, 5.41) is 26.4. The quantitative estimate of drug-likeness (QED) is 0.146. The Morgan fingerprint density at radius 3 is 1.62 bits per heavy atom. The number of phenols is 2. The number of carbonyl (C=O) groups excluding carboxylic acids is 2. The zero-order valence-electron chi connectivity index (χ0n) is 25.4. The standard InChI is InChI=1S/C42H26O6/c43-33-16-13-26-19-31(11-9-28(26)21-33)41(45)47-35-23-30-6-2-3-7-36(30)38(24-35)40-37-8-4-1-5-25(37)15-18-39(40)48-42(46)32-12-10-29-22-34(44)17-14-27(29)20-32/h1-24,43-44H. The Morgan fingerprint density at radius 1 is 0.438 bits per heavy atom. The van der Waals surface area contributed by atoms with E-state index in [1.165, 1.54) is 0 Å². The average Bonchev–Trinajstić information content (AvgIpc) is 3.10. The van der Waals surface area contributed by atoms with Crippen LogP contribution in [-0.2, 0) is 0 Å². The van der Waals surface area contributed by atoms with E-state index in [4.69, 9.17) is 9.47 Å². The number of carbonyl (C=O) groups is 2. The van der Waals surface area contributed by atoms with Crippen molar-refractivity contribution in [1.29, 1.82) is 0 Å². The molecule has 0 heterocycles. The molecule has 2 N–H and O–H groups in total. The van der Waals surface area contributed by atoms with Crippen LogP contribution >= 0.6 is 0 Å². The summed E-state index contributed by atoms with van der Waals surface area (Å²) in [6.45, 7) is 0. The van der Waals surface area contributed by atoms with Gasteiger partial charge >= 0.3 is 11.9 Å². The summed E-state index contributed by atoms with van der Waals surface area (Å²) in [4.78, 5) is 27.1. The van der Waals surface area contributed by atoms with Crippen molar-refractivity contribution in [2.24, 2.45) is 0 Å². The molecule has 0 fully saturated rings. The van der Waals surface area contributed by atoms with Crippen LogP contribution in [0.3, 0.4) is 0 Å². The molecule has 0 saturated heterocycles. The van der Waals surface area contributed by atoms with E-state index in [1.54, 1.807) is 84.9 Å². The Kier molecular flexibility index (Phi) is 6.96. The second kappa shape index (κ2) is 11.6. The molecule has 6 nitrogen and oxygen atoms in total. The van der Waals surface area contributed by atoms with Crippen LogP contribution in [0.15, 0.2) is 146 Å². The largest absolute Gasteiger partial charge is 0.508 e. The highest BCUT2D eigenvalue weighted by molar-refractivity contribution is 6.09. The zero-order chi connectivity index (χ0) is 32.8. The molecule has 8 aromatic rings. The van der Waals surface area contributed by atoms with Crippen LogP contribution < -0.4 is 9.47 Å². The normalized spacial score (nSPS) is 11.2. The van der Waals surface area contributed by atoms with E-state index in [0.29, 0.717) is 28.2 Å². The number of phenolic OH excluding ortho intramolecular Hbond substituents is 2. The molecule has 0 saturated carbocycles. The minimum absolute atomic E-state index is 0.150. The van der Waals surface area contributed by atoms with E-state index in [1.807, 2.05) is 60.7 Å². The first-order chi connectivity index (χ1) is 23.4. The van der Waals surface area contributed by atoms with E-state index in [0.717, 1.165) is 48.7 Å². The molecule has 0 unspecified atom stereocenters. The van der Waals surface area contributed by atoms with Crippen molar-refractivity contribution in [1.82, 2.24) is 0 Å². The van der Waals surface area contributed by atoms with Crippen molar-refractivity contribution in [2.45, 2.75) is 0 Å². The highest BCUT2D eigenvalue weighted by Gasteiger charge is 2.20. The lowest BCUT2D eigenvalue weighted by molar-refractivity contribution is 0.0727. The van der Waals surface area contributed by atoms with Crippen LogP contribution in [0.5, 0.6) is 23.0 Å². The maximum atomic E-state index is 13.6. The lowest BCUT2D eigenvalue weighted by Gasteiger charge is -2.17. The van der Waals surface area contributed by atoms with Gasteiger partial charge in [-0.2, -0.15) is 0 Å². The molecular formula is C42H26O6. The van der Waals surface area contributed by atoms with Crippen molar-refractivity contribution >= 4 is 55.0 Å². The van der Waals surface area contributed by atoms with E-state index >= 15 is 0 Å². The lowest BCUT2D eigenvalue weighted by atomic mass is 9.92. The maximum Gasteiger partial charge on any atom is 0.343 e. The van der Waals surface area contributed by atoms with Gasteiger partial charge in [0.1, 0.15) is 23.0 Å². The molecule has 0 aliphatic rings. The monoisotopic (exact) mass is 626 g/mol. The van der Waals surface area contributed by atoms with Crippen molar-refractivity contribution in [3.05, 3.63) is 157 Å². The molecule has 0 radical (unpaired) electrons. The Hall–Kier alpha value is -6.66. The Labute approximate surface area is 274 Å². The predicted octanol–water partition coefficient (Wildman–Crippen LogP) is 9.82.